The molecular formula is C55H104O6. The summed E-state index contributed by atoms with van der Waals surface area (Å²) >= 11 is 0. The van der Waals surface area contributed by atoms with Crippen LogP contribution in [-0.2, 0) is 28.6 Å². The van der Waals surface area contributed by atoms with Gasteiger partial charge in [-0.05, 0) is 44.9 Å². The van der Waals surface area contributed by atoms with Crippen molar-refractivity contribution in [2.24, 2.45) is 0 Å². The first-order valence-corrected chi connectivity index (χ1v) is 27.2. The highest BCUT2D eigenvalue weighted by Gasteiger charge is 2.19. The molecule has 0 aliphatic carbocycles. The van der Waals surface area contributed by atoms with Gasteiger partial charge in [0.25, 0.3) is 0 Å². The summed E-state index contributed by atoms with van der Waals surface area (Å²) in [6, 6.07) is 0. The topological polar surface area (TPSA) is 78.9 Å². The van der Waals surface area contributed by atoms with Gasteiger partial charge in [0.1, 0.15) is 13.2 Å². The third-order valence-electron chi connectivity index (χ3n) is 12.3. The molecule has 1 unspecified atom stereocenters. The minimum absolute atomic E-state index is 0.0653. The van der Waals surface area contributed by atoms with Crippen LogP contribution in [0.4, 0.5) is 0 Å². The second kappa shape index (κ2) is 50.8. The van der Waals surface area contributed by atoms with E-state index < -0.39 is 6.10 Å². The maximum Gasteiger partial charge on any atom is 0.306 e. The first-order valence-electron chi connectivity index (χ1n) is 27.2. The minimum atomic E-state index is -0.763. The molecule has 360 valence electrons. The smallest absolute Gasteiger partial charge is 0.306 e. The fraction of sp³-hybridized carbons (Fsp3) is 0.909. The minimum Gasteiger partial charge on any atom is -0.462 e. The number of hydrogen-bond acceptors (Lipinski definition) is 6. The van der Waals surface area contributed by atoms with Crippen molar-refractivity contribution in [3.63, 3.8) is 0 Å². The second-order valence-corrected chi connectivity index (χ2v) is 18.5. The molecule has 0 spiro atoms. The molecule has 0 radical (unpaired) electrons. The Bertz CT molecular complexity index is 947. The van der Waals surface area contributed by atoms with Crippen LogP contribution in [0.1, 0.15) is 303 Å². The monoisotopic (exact) mass is 861 g/mol. The zero-order valence-electron chi connectivity index (χ0n) is 41.2. The highest BCUT2D eigenvalue weighted by molar-refractivity contribution is 5.71. The van der Waals surface area contributed by atoms with Crippen LogP contribution in [-0.4, -0.2) is 37.2 Å². The predicted molar refractivity (Wildman–Crippen MR) is 261 cm³/mol. The zero-order chi connectivity index (χ0) is 44.4. The van der Waals surface area contributed by atoms with Gasteiger partial charge in [0.15, 0.2) is 6.10 Å². The summed E-state index contributed by atoms with van der Waals surface area (Å²) in [5.74, 6) is -0.851. The van der Waals surface area contributed by atoms with Gasteiger partial charge in [-0.1, -0.05) is 251 Å². The van der Waals surface area contributed by atoms with Crippen LogP contribution in [0.3, 0.4) is 0 Å². The van der Waals surface area contributed by atoms with Gasteiger partial charge in [0.2, 0.25) is 0 Å². The Balaban J connectivity index is 4.21. The Morgan fingerprint density at radius 1 is 0.311 bits per heavy atom. The van der Waals surface area contributed by atoms with Crippen molar-refractivity contribution in [1.82, 2.24) is 0 Å². The van der Waals surface area contributed by atoms with Gasteiger partial charge in [-0.3, -0.25) is 14.4 Å². The molecule has 0 aromatic carbocycles. The standard InChI is InChI=1S/C55H104O6/c1-4-7-10-13-16-19-22-23-24-25-26-27-28-29-30-31-34-36-39-42-45-48-54(57)60-51-52(61-55(58)49-46-43-40-37-33-21-18-15-12-9-6-3)50-59-53(56)47-44-41-38-35-32-20-17-14-11-8-5-2/h25-26,52H,4-24,27-51H2,1-3H3/b26-25-. The Morgan fingerprint density at radius 2 is 0.541 bits per heavy atom. The molecule has 0 saturated carbocycles. The number of hydrogen-bond donors (Lipinski definition) is 0. The molecule has 0 heterocycles. The molecule has 0 N–H and O–H groups in total. The molecule has 0 aliphatic heterocycles. The van der Waals surface area contributed by atoms with Crippen molar-refractivity contribution in [2.75, 3.05) is 13.2 Å². The molecule has 1 atom stereocenters. The fourth-order valence-corrected chi connectivity index (χ4v) is 8.14. The Kier molecular flexibility index (Phi) is 49.3. The molecule has 0 rings (SSSR count). The lowest BCUT2D eigenvalue weighted by atomic mass is 10.1. The maximum atomic E-state index is 12.8. The number of esters is 3. The third-order valence-corrected chi connectivity index (χ3v) is 12.3. The van der Waals surface area contributed by atoms with Gasteiger partial charge in [-0.15, -0.1) is 0 Å². The first-order chi connectivity index (χ1) is 30.0. The molecule has 0 saturated heterocycles. The van der Waals surface area contributed by atoms with E-state index in [0.717, 1.165) is 57.8 Å². The SMILES string of the molecule is CCCCCCCCCC/C=C\CCCCCCCCCCCC(=O)OCC(COC(=O)CCCCCCCCCCCCC)OC(=O)CCCCCCCCCCCCC. The average molecular weight is 861 g/mol. The van der Waals surface area contributed by atoms with Crippen LogP contribution in [0.25, 0.3) is 0 Å². The summed E-state index contributed by atoms with van der Waals surface area (Å²) in [4.78, 5) is 37.9. The Labute approximate surface area is 380 Å². The third kappa shape index (κ3) is 49.0. The van der Waals surface area contributed by atoms with E-state index in [2.05, 4.69) is 32.9 Å². The molecule has 0 amide bonds. The molecule has 0 aromatic heterocycles. The van der Waals surface area contributed by atoms with E-state index in [9.17, 15) is 14.4 Å². The van der Waals surface area contributed by atoms with Crippen molar-refractivity contribution in [1.29, 1.82) is 0 Å². The number of carbonyl (C=O) groups is 3. The lowest BCUT2D eigenvalue weighted by Crippen LogP contribution is -2.30. The number of allylic oxidation sites excluding steroid dienone is 2. The average Bonchev–Trinajstić information content (AvgIpc) is 3.26. The van der Waals surface area contributed by atoms with E-state index in [-0.39, 0.29) is 31.1 Å². The van der Waals surface area contributed by atoms with Gasteiger partial charge in [-0.25, -0.2) is 0 Å². The van der Waals surface area contributed by atoms with Crippen LogP contribution in [0, 0.1) is 0 Å². The maximum absolute atomic E-state index is 12.8. The summed E-state index contributed by atoms with van der Waals surface area (Å²) in [5.41, 5.74) is 0. The number of carbonyl (C=O) groups excluding carboxylic acids is 3. The Hall–Kier alpha value is -1.85. The van der Waals surface area contributed by atoms with E-state index in [1.807, 2.05) is 0 Å². The molecular weight excluding hydrogens is 757 g/mol. The molecule has 0 fully saturated rings. The van der Waals surface area contributed by atoms with E-state index in [0.29, 0.717) is 19.3 Å². The van der Waals surface area contributed by atoms with Crippen molar-refractivity contribution >= 4 is 17.9 Å². The van der Waals surface area contributed by atoms with Gasteiger partial charge >= 0.3 is 17.9 Å². The van der Waals surface area contributed by atoms with Gasteiger partial charge in [0, 0.05) is 19.3 Å². The molecule has 0 aromatic rings. The van der Waals surface area contributed by atoms with Crippen molar-refractivity contribution < 1.29 is 28.6 Å². The number of rotatable bonds is 50. The quantitative estimate of drug-likeness (QED) is 0.0262. The summed E-state index contributed by atoms with van der Waals surface area (Å²) in [6.45, 7) is 6.66. The van der Waals surface area contributed by atoms with E-state index in [4.69, 9.17) is 14.2 Å². The molecule has 61 heavy (non-hydrogen) atoms. The normalized spacial score (nSPS) is 12.0. The lowest BCUT2D eigenvalue weighted by Gasteiger charge is -2.18. The van der Waals surface area contributed by atoms with Crippen molar-refractivity contribution in [3.05, 3.63) is 12.2 Å². The summed E-state index contributed by atoms with van der Waals surface area (Å²) in [5, 5.41) is 0. The molecule has 0 aliphatic rings. The van der Waals surface area contributed by atoms with E-state index >= 15 is 0 Å². The van der Waals surface area contributed by atoms with Crippen LogP contribution >= 0.6 is 0 Å². The summed E-state index contributed by atoms with van der Waals surface area (Å²) < 4.78 is 16.8. The van der Waals surface area contributed by atoms with Crippen LogP contribution in [0.5, 0.6) is 0 Å². The fourth-order valence-electron chi connectivity index (χ4n) is 8.14. The highest BCUT2D eigenvalue weighted by Crippen LogP contribution is 2.16. The number of unbranched alkanes of at least 4 members (excludes halogenated alkanes) is 37. The van der Waals surface area contributed by atoms with Crippen LogP contribution < -0.4 is 0 Å². The molecule has 6 nitrogen and oxygen atoms in total. The molecule has 0 bridgehead atoms. The van der Waals surface area contributed by atoms with Crippen molar-refractivity contribution in [3.8, 4) is 0 Å². The predicted octanol–water partition coefficient (Wildman–Crippen LogP) is 17.8. The zero-order valence-corrected chi connectivity index (χ0v) is 41.2. The summed E-state index contributed by atoms with van der Waals surface area (Å²) in [7, 11) is 0. The summed E-state index contributed by atoms with van der Waals surface area (Å²) in [6.07, 6.45) is 56.3. The van der Waals surface area contributed by atoms with Crippen LogP contribution in [0.2, 0.25) is 0 Å². The van der Waals surface area contributed by atoms with Gasteiger partial charge in [0.05, 0.1) is 0 Å². The molecule has 6 heteroatoms. The Morgan fingerprint density at radius 3 is 0.820 bits per heavy atom. The van der Waals surface area contributed by atoms with Gasteiger partial charge < -0.3 is 14.2 Å². The number of ether oxygens (including phenoxy) is 3. The van der Waals surface area contributed by atoms with Crippen LogP contribution in [0.15, 0.2) is 12.2 Å². The van der Waals surface area contributed by atoms with Gasteiger partial charge in [-0.2, -0.15) is 0 Å². The van der Waals surface area contributed by atoms with E-state index in [1.165, 1.54) is 205 Å². The van der Waals surface area contributed by atoms with E-state index in [1.54, 1.807) is 0 Å². The lowest BCUT2D eigenvalue weighted by molar-refractivity contribution is -0.167. The van der Waals surface area contributed by atoms with Crippen molar-refractivity contribution in [2.45, 2.75) is 309 Å². The second-order valence-electron chi connectivity index (χ2n) is 18.5. The largest absolute Gasteiger partial charge is 0.462 e. The highest BCUT2D eigenvalue weighted by atomic mass is 16.6. The first kappa shape index (κ1) is 59.1.